The van der Waals surface area contributed by atoms with Crippen LogP contribution in [-0.2, 0) is 11.3 Å². The largest absolute Gasteiger partial charge is 0.444 e. The monoisotopic (exact) mass is 343 g/mol. The molecule has 1 unspecified atom stereocenters. The molecule has 0 aromatic carbocycles. The van der Waals surface area contributed by atoms with Crippen LogP contribution >= 0.6 is 15.9 Å². The van der Waals surface area contributed by atoms with Gasteiger partial charge in [-0.25, -0.2) is 4.79 Å². The van der Waals surface area contributed by atoms with Gasteiger partial charge in [0, 0.05) is 29.8 Å². The van der Waals surface area contributed by atoms with Crippen molar-refractivity contribution in [3.05, 3.63) is 28.5 Å². The Balaban J connectivity index is 2.25. The molecule has 1 amide bonds. The van der Waals surface area contributed by atoms with Gasteiger partial charge in [0.15, 0.2) is 0 Å². The second-order valence-corrected chi connectivity index (χ2v) is 6.55. The molecule has 1 rings (SSSR count). The van der Waals surface area contributed by atoms with E-state index in [2.05, 4.69) is 31.5 Å². The molecule has 0 saturated heterocycles. The van der Waals surface area contributed by atoms with E-state index in [0.29, 0.717) is 13.1 Å². The topological polar surface area (TPSA) is 63.2 Å². The van der Waals surface area contributed by atoms with E-state index in [1.807, 2.05) is 39.8 Å². The summed E-state index contributed by atoms with van der Waals surface area (Å²) in [6, 6.07) is 4.03. The molecule has 1 aromatic heterocycles. The zero-order chi connectivity index (χ0) is 15.2. The van der Waals surface area contributed by atoms with E-state index in [1.165, 1.54) is 0 Å². The number of halogens is 1. The molecule has 0 aliphatic rings. The number of alkyl carbamates (subject to hydrolysis) is 1. The lowest BCUT2D eigenvalue weighted by molar-refractivity contribution is 0.0523. The fraction of sp³-hybridized carbons (Fsp3) is 0.571. The van der Waals surface area contributed by atoms with Crippen LogP contribution < -0.4 is 10.6 Å². The number of ether oxygens (including phenoxy) is 1. The molecule has 6 heteroatoms. The van der Waals surface area contributed by atoms with Gasteiger partial charge >= 0.3 is 6.09 Å². The molecule has 0 radical (unpaired) electrons. The third-order valence-electron chi connectivity index (χ3n) is 2.37. The van der Waals surface area contributed by atoms with Crippen molar-refractivity contribution in [3.63, 3.8) is 0 Å². The first-order chi connectivity index (χ1) is 9.26. The number of hydrogen-bond donors (Lipinski definition) is 2. The average Bonchev–Trinajstić information content (AvgIpc) is 2.33. The molecule has 5 nitrogen and oxygen atoms in total. The van der Waals surface area contributed by atoms with Gasteiger partial charge in [-0.05, 0) is 55.8 Å². The van der Waals surface area contributed by atoms with Crippen LogP contribution in [-0.4, -0.2) is 29.3 Å². The second kappa shape index (κ2) is 7.59. The van der Waals surface area contributed by atoms with Crippen LogP contribution in [0.15, 0.2) is 22.8 Å². The molecule has 0 aliphatic carbocycles. The zero-order valence-electron chi connectivity index (χ0n) is 12.4. The van der Waals surface area contributed by atoms with Crippen molar-refractivity contribution in [2.45, 2.75) is 45.9 Å². The van der Waals surface area contributed by atoms with Crippen molar-refractivity contribution in [1.82, 2.24) is 15.6 Å². The maximum atomic E-state index is 11.5. The lowest BCUT2D eigenvalue weighted by atomic mass is 10.2. The molecule has 112 valence electrons. The van der Waals surface area contributed by atoms with Gasteiger partial charge in [-0.15, -0.1) is 0 Å². The SMILES string of the molecule is CC(CNC(=O)OC(C)(C)C)NCc1ccc(Br)cn1. The normalized spacial score (nSPS) is 12.8. The molecule has 1 heterocycles. The van der Waals surface area contributed by atoms with E-state index in [0.717, 1.165) is 10.2 Å². The van der Waals surface area contributed by atoms with E-state index in [-0.39, 0.29) is 6.04 Å². The summed E-state index contributed by atoms with van der Waals surface area (Å²) >= 11 is 3.35. The fourth-order valence-corrected chi connectivity index (χ4v) is 1.65. The maximum absolute atomic E-state index is 11.5. The molecule has 1 aromatic rings. The molecule has 1 atom stereocenters. The van der Waals surface area contributed by atoms with E-state index >= 15 is 0 Å². The lowest BCUT2D eigenvalue weighted by Crippen LogP contribution is -2.41. The molecular formula is C14H22BrN3O2. The number of rotatable bonds is 5. The summed E-state index contributed by atoms with van der Waals surface area (Å²) in [5.41, 5.74) is 0.486. The van der Waals surface area contributed by atoms with Crippen molar-refractivity contribution >= 4 is 22.0 Å². The van der Waals surface area contributed by atoms with Crippen molar-refractivity contribution < 1.29 is 9.53 Å². The highest BCUT2D eigenvalue weighted by atomic mass is 79.9. The van der Waals surface area contributed by atoms with Crippen molar-refractivity contribution in [2.75, 3.05) is 6.54 Å². The van der Waals surface area contributed by atoms with Crippen LogP contribution in [0, 0.1) is 0 Å². The summed E-state index contributed by atoms with van der Waals surface area (Å²) in [7, 11) is 0. The Morgan fingerprint density at radius 2 is 2.15 bits per heavy atom. The van der Waals surface area contributed by atoms with Crippen LogP contribution in [0.4, 0.5) is 4.79 Å². The minimum Gasteiger partial charge on any atom is -0.444 e. The molecule has 20 heavy (non-hydrogen) atoms. The molecule has 2 N–H and O–H groups in total. The van der Waals surface area contributed by atoms with Crippen molar-refractivity contribution in [2.24, 2.45) is 0 Å². The standard InChI is InChI=1S/C14H22BrN3O2/c1-10(7-18-13(19)20-14(2,3)4)16-9-12-6-5-11(15)8-17-12/h5-6,8,10,16H,7,9H2,1-4H3,(H,18,19). The summed E-state index contributed by atoms with van der Waals surface area (Å²) in [6.07, 6.45) is 1.37. The smallest absolute Gasteiger partial charge is 0.407 e. The van der Waals surface area contributed by atoms with E-state index in [1.54, 1.807) is 6.20 Å². The average molecular weight is 344 g/mol. The molecular weight excluding hydrogens is 322 g/mol. The quantitative estimate of drug-likeness (QED) is 0.862. The highest BCUT2D eigenvalue weighted by molar-refractivity contribution is 9.10. The number of hydrogen-bond acceptors (Lipinski definition) is 4. The minimum atomic E-state index is -0.470. The van der Waals surface area contributed by atoms with E-state index < -0.39 is 11.7 Å². The first-order valence-electron chi connectivity index (χ1n) is 6.57. The van der Waals surface area contributed by atoms with Gasteiger partial charge in [0.1, 0.15) is 5.60 Å². The molecule has 0 spiro atoms. The van der Waals surface area contributed by atoms with Gasteiger partial charge in [-0.1, -0.05) is 0 Å². The highest BCUT2D eigenvalue weighted by Crippen LogP contribution is 2.07. The number of carbonyl (C=O) groups is 1. The zero-order valence-corrected chi connectivity index (χ0v) is 14.0. The Kier molecular flexibility index (Phi) is 6.42. The summed E-state index contributed by atoms with van der Waals surface area (Å²) < 4.78 is 6.13. The van der Waals surface area contributed by atoms with Crippen molar-refractivity contribution in [1.29, 1.82) is 0 Å². The van der Waals surface area contributed by atoms with Crippen LogP contribution in [0.25, 0.3) is 0 Å². The number of carbonyl (C=O) groups excluding carboxylic acids is 1. The lowest BCUT2D eigenvalue weighted by Gasteiger charge is -2.21. The van der Waals surface area contributed by atoms with Gasteiger partial charge in [0.05, 0.1) is 5.69 Å². The number of nitrogens with zero attached hydrogens (tertiary/aromatic N) is 1. The van der Waals surface area contributed by atoms with Crippen LogP contribution in [0.5, 0.6) is 0 Å². The fourth-order valence-electron chi connectivity index (χ4n) is 1.41. The Morgan fingerprint density at radius 1 is 1.45 bits per heavy atom. The third-order valence-corrected chi connectivity index (χ3v) is 2.84. The van der Waals surface area contributed by atoms with Gasteiger partial charge in [-0.2, -0.15) is 0 Å². The van der Waals surface area contributed by atoms with Gasteiger partial charge in [0.25, 0.3) is 0 Å². The second-order valence-electron chi connectivity index (χ2n) is 5.63. The number of amides is 1. The number of nitrogens with one attached hydrogen (secondary N) is 2. The number of aromatic nitrogens is 1. The van der Waals surface area contributed by atoms with Crippen LogP contribution in [0.1, 0.15) is 33.4 Å². The summed E-state index contributed by atoms with van der Waals surface area (Å²) in [5.74, 6) is 0. The Labute approximate surface area is 128 Å². The minimum absolute atomic E-state index is 0.132. The van der Waals surface area contributed by atoms with Gasteiger partial charge in [0.2, 0.25) is 0 Å². The Morgan fingerprint density at radius 3 is 2.70 bits per heavy atom. The predicted octanol–water partition coefficient (Wildman–Crippen LogP) is 2.85. The summed E-state index contributed by atoms with van der Waals surface area (Å²) in [6.45, 7) is 8.68. The van der Waals surface area contributed by atoms with Crippen LogP contribution in [0.3, 0.4) is 0 Å². The van der Waals surface area contributed by atoms with E-state index in [9.17, 15) is 4.79 Å². The van der Waals surface area contributed by atoms with Gasteiger partial charge in [-0.3, -0.25) is 4.98 Å². The molecule has 0 fully saturated rings. The van der Waals surface area contributed by atoms with E-state index in [4.69, 9.17) is 4.74 Å². The Bertz CT molecular complexity index is 429. The molecule has 0 aliphatic heterocycles. The van der Waals surface area contributed by atoms with Crippen molar-refractivity contribution in [3.8, 4) is 0 Å². The maximum Gasteiger partial charge on any atom is 0.407 e. The third kappa shape index (κ3) is 7.45. The Hall–Kier alpha value is -1.14. The summed E-state index contributed by atoms with van der Waals surface area (Å²) in [5, 5.41) is 6.02. The predicted molar refractivity (Wildman–Crippen MR) is 82.5 cm³/mol. The summed E-state index contributed by atoms with van der Waals surface area (Å²) in [4.78, 5) is 15.8. The first-order valence-corrected chi connectivity index (χ1v) is 7.36. The molecule has 0 bridgehead atoms. The number of pyridine rings is 1. The highest BCUT2D eigenvalue weighted by Gasteiger charge is 2.16. The first kappa shape index (κ1) is 16.9. The van der Waals surface area contributed by atoms with Crippen LogP contribution in [0.2, 0.25) is 0 Å². The molecule has 0 saturated carbocycles. The van der Waals surface area contributed by atoms with Gasteiger partial charge < -0.3 is 15.4 Å².